The second-order valence-electron chi connectivity index (χ2n) is 4.95. The van der Waals surface area contributed by atoms with E-state index in [-0.39, 0.29) is 0 Å². The lowest BCUT2D eigenvalue weighted by atomic mass is 10.1. The van der Waals surface area contributed by atoms with Crippen LogP contribution >= 0.6 is 0 Å². The van der Waals surface area contributed by atoms with Gasteiger partial charge in [0.05, 0.1) is 11.3 Å². The fourth-order valence-corrected chi connectivity index (χ4v) is 1.90. The maximum atomic E-state index is 11.8. The first-order chi connectivity index (χ1) is 9.63. The minimum absolute atomic E-state index is 0.304. The van der Waals surface area contributed by atoms with Crippen LogP contribution in [0.3, 0.4) is 0 Å². The van der Waals surface area contributed by atoms with Crippen molar-refractivity contribution < 1.29 is 0 Å². The molecule has 0 unspecified atom stereocenters. The van der Waals surface area contributed by atoms with E-state index >= 15 is 0 Å². The van der Waals surface area contributed by atoms with Gasteiger partial charge in [0.25, 0.3) is 5.56 Å². The van der Waals surface area contributed by atoms with E-state index in [1.807, 2.05) is 19.1 Å². The highest BCUT2D eigenvalue weighted by atomic mass is 16.2. The third-order valence-corrected chi connectivity index (χ3v) is 3.28. The lowest BCUT2D eigenvalue weighted by Crippen LogP contribution is -2.23. The molecule has 1 aliphatic rings. The quantitative estimate of drug-likeness (QED) is 0.878. The Kier molecular flexibility index (Phi) is 3.06. The van der Waals surface area contributed by atoms with Crippen LogP contribution < -0.4 is 11.2 Å². The van der Waals surface area contributed by atoms with Gasteiger partial charge in [-0.25, -0.2) is 4.79 Å². The molecule has 6 heteroatoms. The molecule has 2 heterocycles. The number of aromatic amines is 2. The SMILES string of the molecule is Cc1nnc(-c2c[nH]c(=O)[nH]c2=O)cc1/C=C/C1CC1. The fourth-order valence-electron chi connectivity index (χ4n) is 1.90. The summed E-state index contributed by atoms with van der Waals surface area (Å²) in [5.41, 5.74) is 1.50. The monoisotopic (exact) mass is 270 g/mol. The number of nitrogens with zero attached hydrogens (tertiary/aromatic N) is 2. The number of H-pyrrole nitrogens is 2. The van der Waals surface area contributed by atoms with Gasteiger partial charge < -0.3 is 4.98 Å². The molecule has 6 nitrogen and oxygen atoms in total. The molecule has 2 aromatic rings. The predicted octanol–water partition coefficient (Wildman–Crippen LogP) is 1.25. The van der Waals surface area contributed by atoms with Crippen molar-refractivity contribution in [1.29, 1.82) is 0 Å². The van der Waals surface area contributed by atoms with Crippen LogP contribution in [0.15, 0.2) is 27.9 Å². The summed E-state index contributed by atoms with van der Waals surface area (Å²) in [6.45, 7) is 1.88. The van der Waals surface area contributed by atoms with E-state index in [2.05, 4.69) is 26.2 Å². The molecule has 0 amide bonds. The maximum Gasteiger partial charge on any atom is 0.325 e. The summed E-state index contributed by atoms with van der Waals surface area (Å²) in [5, 5.41) is 8.09. The van der Waals surface area contributed by atoms with E-state index in [9.17, 15) is 9.59 Å². The van der Waals surface area contributed by atoms with Gasteiger partial charge in [0.2, 0.25) is 0 Å². The summed E-state index contributed by atoms with van der Waals surface area (Å²) >= 11 is 0. The lowest BCUT2D eigenvalue weighted by Gasteiger charge is -2.02. The summed E-state index contributed by atoms with van der Waals surface area (Å²) in [7, 11) is 0. The van der Waals surface area contributed by atoms with Crippen molar-refractivity contribution in [3.8, 4) is 11.3 Å². The van der Waals surface area contributed by atoms with Crippen LogP contribution in [0.4, 0.5) is 0 Å². The molecular formula is C14H14N4O2. The van der Waals surface area contributed by atoms with E-state index in [1.54, 1.807) is 0 Å². The van der Waals surface area contributed by atoms with Crippen LogP contribution in [0.5, 0.6) is 0 Å². The number of aryl methyl sites for hydroxylation is 1. The minimum Gasteiger partial charge on any atom is -0.313 e. The summed E-state index contributed by atoms with van der Waals surface area (Å²) in [6, 6.07) is 1.81. The Bertz CT molecular complexity index is 784. The Labute approximate surface area is 114 Å². The van der Waals surface area contributed by atoms with Crippen LogP contribution in [0.2, 0.25) is 0 Å². The summed E-state index contributed by atoms with van der Waals surface area (Å²) < 4.78 is 0. The van der Waals surface area contributed by atoms with Gasteiger partial charge in [-0.1, -0.05) is 12.2 Å². The number of nitrogens with one attached hydrogen (secondary N) is 2. The van der Waals surface area contributed by atoms with Gasteiger partial charge in [0.15, 0.2) is 0 Å². The third kappa shape index (κ3) is 2.59. The Morgan fingerprint density at radius 3 is 2.80 bits per heavy atom. The fraction of sp³-hybridized carbons (Fsp3) is 0.286. The van der Waals surface area contributed by atoms with Gasteiger partial charge in [0.1, 0.15) is 5.69 Å². The molecule has 0 bridgehead atoms. The zero-order chi connectivity index (χ0) is 14.1. The van der Waals surface area contributed by atoms with Gasteiger partial charge in [0, 0.05) is 6.20 Å². The van der Waals surface area contributed by atoms with Crippen molar-refractivity contribution in [2.75, 3.05) is 0 Å². The Morgan fingerprint density at radius 2 is 2.10 bits per heavy atom. The van der Waals surface area contributed by atoms with Crippen molar-refractivity contribution in [3.05, 3.63) is 50.4 Å². The molecule has 0 saturated heterocycles. The first-order valence-electron chi connectivity index (χ1n) is 6.48. The number of hydrogen-bond acceptors (Lipinski definition) is 4. The van der Waals surface area contributed by atoms with Gasteiger partial charge in [-0.2, -0.15) is 5.10 Å². The van der Waals surface area contributed by atoms with Crippen molar-refractivity contribution in [3.63, 3.8) is 0 Å². The van der Waals surface area contributed by atoms with Crippen molar-refractivity contribution >= 4 is 6.08 Å². The molecular weight excluding hydrogens is 256 g/mol. The standard InChI is InChI=1S/C14H14N4O2/c1-8-10(5-4-9-2-3-9)6-12(18-17-8)11-7-15-14(20)16-13(11)19/h4-7,9H,2-3H2,1H3,(H2,15,16,19,20)/b5-4+. The van der Waals surface area contributed by atoms with E-state index in [0.717, 1.165) is 11.3 Å². The first kappa shape index (κ1) is 12.5. The lowest BCUT2D eigenvalue weighted by molar-refractivity contribution is 0.967. The van der Waals surface area contributed by atoms with E-state index in [0.29, 0.717) is 17.2 Å². The highest BCUT2D eigenvalue weighted by Crippen LogP contribution is 2.31. The highest BCUT2D eigenvalue weighted by Gasteiger charge is 2.17. The van der Waals surface area contributed by atoms with Crippen LogP contribution in [-0.2, 0) is 0 Å². The molecule has 3 rings (SSSR count). The molecule has 0 aromatic carbocycles. The summed E-state index contributed by atoms with van der Waals surface area (Å²) in [4.78, 5) is 27.4. The van der Waals surface area contributed by atoms with Gasteiger partial charge in [-0.3, -0.25) is 9.78 Å². The Morgan fingerprint density at radius 1 is 1.30 bits per heavy atom. The van der Waals surface area contributed by atoms with Gasteiger partial charge in [-0.15, -0.1) is 5.10 Å². The molecule has 20 heavy (non-hydrogen) atoms. The smallest absolute Gasteiger partial charge is 0.313 e. The van der Waals surface area contributed by atoms with Crippen LogP contribution in [0.1, 0.15) is 24.1 Å². The molecule has 1 aliphatic carbocycles. The van der Waals surface area contributed by atoms with Gasteiger partial charge in [-0.05, 0) is 37.3 Å². The molecule has 0 spiro atoms. The van der Waals surface area contributed by atoms with Crippen molar-refractivity contribution in [2.24, 2.45) is 5.92 Å². The minimum atomic E-state index is -0.535. The van der Waals surface area contributed by atoms with Crippen molar-refractivity contribution in [2.45, 2.75) is 19.8 Å². The Hall–Kier alpha value is -2.50. The maximum absolute atomic E-state index is 11.8. The highest BCUT2D eigenvalue weighted by molar-refractivity contribution is 5.62. The normalized spacial score (nSPS) is 14.8. The first-order valence-corrected chi connectivity index (χ1v) is 6.48. The number of rotatable bonds is 3. The predicted molar refractivity (Wildman–Crippen MR) is 75.2 cm³/mol. The van der Waals surface area contributed by atoms with E-state index < -0.39 is 11.2 Å². The molecule has 0 atom stereocenters. The molecule has 0 radical (unpaired) electrons. The summed E-state index contributed by atoms with van der Waals surface area (Å²) in [5.74, 6) is 0.669. The van der Waals surface area contributed by atoms with Crippen LogP contribution in [-0.4, -0.2) is 20.2 Å². The van der Waals surface area contributed by atoms with Gasteiger partial charge >= 0.3 is 5.69 Å². The zero-order valence-electron chi connectivity index (χ0n) is 11.0. The molecule has 0 aliphatic heterocycles. The molecule has 2 N–H and O–H groups in total. The number of allylic oxidation sites excluding steroid dienone is 1. The zero-order valence-corrected chi connectivity index (χ0v) is 11.0. The van der Waals surface area contributed by atoms with Crippen LogP contribution in [0, 0.1) is 12.8 Å². The average Bonchev–Trinajstić information content (AvgIpc) is 3.22. The molecule has 102 valence electrons. The van der Waals surface area contributed by atoms with E-state index in [1.165, 1.54) is 19.0 Å². The molecule has 1 fully saturated rings. The topological polar surface area (TPSA) is 91.5 Å². The van der Waals surface area contributed by atoms with E-state index in [4.69, 9.17) is 0 Å². The molecule has 2 aromatic heterocycles. The number of aromatic nitrogens is 4. The Balaban J connectivity index is 2.03. The van der Waals surface area contributed by atoms with Crippen molar-refractivity contribution in [1.82, 2.24) is 20.2 Å². The second kappa shape index (κ2) is 4.88. The largest absolute Gasteiger partial charge is 0.325 e. The van der Waals surface area contributed by atoms with Crippen LogP contribution in [0.25, 0.3) is 17.3 Å². The average molecular weight is 270 g/mol. The summed E-state index contributed by atoms with van der Waals surface area (Å²) in [6.07, 6.45) is 8.01. The second-order valence-corrected chi connectivity index (χ2v) is 4.95. The number of hydrogen-bond donors (Lipinski definition) is 2. The third-order valence-electron chi connectivity index (χ3n) is 3.28. The molecule has 1 saturated carbocycles.